The number of nitrogens with one attached hydrogen (secondary N) is 1. The van der Waals surface area contributed by atoms with Gasteiger partial charge in [0.15, 0.2) is 0 Å². The number of carbonyl (C=O) groups is 3. The number of anilines is 2. The molecule has 2 heterocycles. The number of hydrogen-bond acceptors (Lipinski definition) is 5. The Balaban J connectivity index is 1.46. The number of rotatable bonds is 3. The lowest BCUT2D eigenvalue weighted by molar-refractivity contribution is -0.119. The molecule has 34 heavy (non-hydrogen) atoms. The zero-order valence-corrected chi connectivity index (χ0v) is 19.6. The minimum atomic E-state index is -0.434. The molecule has 1 aliphatic carbocycles. The molecule has 2 aromatic carbocycles. The van der Waals surface area contributed by atoms with Crippen LogP contribution in [0.15, 0.2) is 42.5 Å². The summed E-state index contributed by atoms with van der Waals surface area (Å²) in [6.45, 7) is 5.41. The van der Waals surface area contributed by atoms with E-state index in [1.54, 1.807) is 4.90 Å². The lowest BCUT2D eigenvalue weighted by atomic mass is 9.99. The van der Waals surface area contributed by atoms with E-state index in [-0.39, 0.29) is 23.8 Å². The lowest BCUT2D eigenvalue weighted by Crippen LogP contribution is -2.52. The minimum Gasteiger partial charge on any atom is -0.452 e. The summed E-state index contributed by atoms with van der Waals surface area (Å²) in [6, 6.07) is 13.2. The van der Waals surface area contributed by atoms with Crippen molar-refractivity contribution in [1.82, 2.24) is 10.2 Å². The SMILES string of the molecule is COC(=O)N1c2ccc(-c3ccc(C(=O)N4CCNCC4)cc3)cc2N(C(=O)C2CC2)CC1C. The van der Waals surface area contributed by atoms with Crippen molar-refractivity contribution in [1.29, 1.82) is 0 Å². The van der Waals surface area contributed by atoms with Crippen LogP contribution in [0.25, 0.3) is 11.1 Å². The monoisotopic (exact) mass is 462 g/mol. The molecule has 1 N–H and O–H groups in total. The largest absolute Gasteiger partial charge is 0.452 e. The maximum Gasteiger partial charge on any atom is 0.414 e. The molecule has 0 bridgehead atoms. The molecule has 2 aliphatic heterocycles. The van der Waals surface area contributed by atoms with Crippen LogP contribution in [0.2, 0.25) is 0 Å². The standard InChI is InChI=1S/C26H30N4O4/c1-17-16-29(25(32)20-7-8-20)23-15-21(9-10-22(23)30(17)26(33)34-2)18-3-5-19(6-4-18)24(31)28-13-11-27-12-14-28/h3-6,9-10,15,17,20,27H,7-8,11-14,16H2,1-2H3. The van der Waals surface area contributed by atoms with Crippen molar-refractivity contribution in [3.05, 3.63) is 48.0 Å². The van der Waals surface area contributed by atoms with Gasteiger partial charge in [0.05, 0.1) is 24.5 Å². The van der Waals surface area contributed by atoms with Crippen LogP contribution in [0.3, 0.4) is 0 Å². The van der Waals surface area contributed by atoms with Crippen molar-refractivity contribution in [3.63, 3.8) is 0 Å². The second-order valence-corrected chi connectivity index (χ2v) is 9.24. The normalized spacial score (nSPS) is 20.1. The molecule has 1 atom stereocenters. The van der Waals surface area contributed by atoms with Crippen molar-refractivity contribution in [2.75, 3.05) is 49.6 Å². The maximum absolute atomic E-state index is 13.1. The highest BCUT2D eigenvalue weighted by Crippen LogP contribution is 2.42. The molecule has 1 saturated heterocycles. The van der Waals surface area contributed by atoms with Gasteiger partial charge in [0, 0.05) is 44.2 Å². The van der Waals surface area contributed by atoms with Crippen molar-refractivity contribution in [2.24, 2.45) is 5.92 Å². The summed E-state index contributed by atoms with van der Waals surface area (Å²) in [7, 11) is 1.37. The van der Waals surface area contributed by atoms with Crippen molar-refractivity contribution in [3.8, 4) is 11.1 Å². The van der Waals surface area contributed by atoms with Gasteiger partial charge in [-0.15, -0.1) is 0 Å². The van der Waals surface area contributed by atoms with Gasteiger partial charge in [-0.1, -0.05) is 18.2 Å². The predicted molar refractivity (Wildman–Crippen MR) is 130 cm³/mol. The van der Waals surface area contributed by atoms with E-state index in [1.165, 1.54) is 7.11 Å². The number of piperazine rings is 1. The van der Waals surface area contributed by atoms with Crippen LogP contribution >= 0.6 is 0 Å². The maximum atomic E-state index is 13.1. The molecule has 0 spiro atoms. The third-order valence-electron chi connectivity index (χ3n) is 6.85. The Kier molecular flexibility index (Phi) is 6.00. The molecule has 8 heteroatoms. The molecule has 1 unspecified atom stereocenters. The molecule has 2 fully saturated rings. The average molecular weight is 463 g/mol. The molecule has 178 valence electrons. The van der Waals surface area contributed by atoms with Crippen molar-refractivity contribution < 1.29 is 19.1 Å². The average Bonchev–Trinajstić information content (AvgIpc) is 3.73. The molecule has 3 aliphatic rings. The van der Waals surface area contributed by atoms with Crippen LogP contribution in [0.1, 0.15) is 30.1 Å². The molecule has 0 aromatic heterocycles. The van der Waals surface area contributed by atoms with E-state index in [0.29, 0.717) is 30.9 Å². The van der Waals surface area contributed by atoms with E-state index in [0.717, 1.165) is 42.7 Å². The van der Waals surface area contributed by atoms with E-state index >= 15 is 0 Å². The Morgan fingerprint density at radius 1 is 0.941 bits per heavy atom. The van der Waals surface area contributed by atoms with Crippen LogP contribution in [0.4, 0.5) is 16.2 Å². The molecular weight excluding hydrogens is 432 g/mol. The van der Waals surface area contributed by atoms with Crippen LogP contribution in [-0.2, 0) is 9.53 Å². The molecular formula is C26H30N4O4. The van der Waals surface area contributed by atoms with Gasteiger partial charge in [-0.05, 0) is 55.2 Å². The van der Waals surface area contributed by atoms with Gasteiger partial charge < -0.3 is 19.9 Å². The quantitative estimate of drug-likeness (QED) is 0.758. The predicted octanol–water partition coefficient (Wildman–Crippen LogP) is 3.12. The third-order valence-corrected chi connectivity index (χ3v) is 6.85. The number of hydrogen-bond donors (Lipinski definition) is 1. The molecule has 3 amide bonds. The first-order chi connectivity index (χ1) is 16.5. The van der Waals surface area contributed by atoms with Gasteiger partial charge in [0.25, 0.3) is 5.91 Å². The summed E-state index contributed by atoms with van der Waals surface area (Å²) in [5.74, 6) is 0.234. The Bertz CT molecular complexity index is 1110. The number of ether oxygens (including phenoxy) is 1. The summed E-state index contributed by atoms with van der Waals surface area (Å²) in [5, 5.41) is 3.26. The van der Waals surface area contributed by atoms with Gasteiger partial charge in [0.1, 0.15) is 0 Å². The zero-order valence-electron chi connectivity index (χ0n) is 19.6. The first-order valence-electron chi connectivity index (χ1n) is 11.9. The second-order valence-electron chi connectivity index (χ2n) is 9.24. The van der Waals surface area contributed by atoms with Gasteiger partial charge in [0.2, 0.25) is 5.91 Å². The van der Waals surface area contributed by atoms with Crippen LogP contribution in [0, 0.1) is 5.92 Å². The number of carbonyl (C=O) groups excluding carboxylic acids is 3. The number of methoxy groups -OCH3 is 1. The smallest absolute Gasteiger partial charge is 0.414 e. The summed E-state index contributed by atoms with van der Waals surface area (Å²) >= 11 is 0. The fourth-order valence-electron chi connectivity index (χ4n) is 4.80. The van der Waals surface area contributed by atoms with Gasteiger partial charge >= 0.3 is 6.09 Å². The lowest BCUT2D eigenvalue weighted by Gasteiger charge is -2.40. The Hall–Kier alpha value is -3.39. The van der Waals surface area contributed by atoms with E-state index in [4.69, 9.17) is 4.74 Å². The van der Waals surface area contributed by atoms with Crippen LogP contribution in [0.5, 0.6) is 0 Å². The Labute approximate surface area is 199 Å². The van der Waals surface area contributed by atoms with Crippen molar-refractivity contribution >= 4 is 29.3 Å². The van der Waals surface area contributed by atoms with E-state index in [9.17, 15) is 14.4 Å². The molecule has 0 radical (unpaired) electrons. The highest BCUT2D eigenvalue weighted by Gasteiger charge is 2.40. The summed E-state index contributed by atoms with van der Waals surface area (Å²) < 4.78 is 5.02. The Morgan fingerprint density at radius 2 is 1.62 bits per heavy atom. The highest BCUT2D eigenvalue weighted by atomic mass is 16.5. The fourth-order valence-corrected chi connectivity index (χ4v) is 4.80. The zero-order chi connectivity index (χ0) is 23.8. The van der Waals surface area contributed by atoms with E-state index in [1.807, 2.05) is 59.2 Å². The van der Waals surface area contributed by atoms with Crippen LogP contribution in [-0.4, -0.2) is 68.7 Å². The molecule has 8 nitrogen and oxygen atoms in total. The van der Waals surface area contributed by atoms with Gasteiger partial charge in [-0.25, -0.2) is 4.79 Å². The number of fused-ring (bicyclic) bond motifs is 1. The fraction of sp³-hybridized carbons (Fsp3) is 0.423. The summed E-state index contributed by atoms with van der Waals surface area (Å²) in [6.07, 6.45) is 1.40. The molecule has 1 saturated carbocycles. The first kappa shape index (κ1) is 22.4. The number of amides is 3. The number of benzene rings is 2. The minimum absolute atomic E-state index is 0.0439. The number of nitrogens with zero attached hydrogens (tertiary/aromatic N) is 3. The van der Waals surface area contributed by atoms with Crippen LogP contribution < -0.4 is 15.1 Å². The summed E-state index contributed by atoms with van der Waals surface area (Å²) in [4.78, 5) is 43.7. The highest BCUT2D eigenvalue weighted by molar-refractivity contribution is 6.05. The van der Waals surface area contributed by atoms with Gasteiger partial charge in [-0.2, -0.15) is 0 Å². The Morgan fingerprint density at radius 3 is 2.26 bits per heavy atom. The van der Waals surface area contributed by atoms with E-state index < -0.39 is 6.09 Å². The first-order valence-corrected chi connectivity index (χ1v) is 11.9. The third kappa shape index (κ3) is 4.14. The van der Waals surface area contributed by atoms with Gasteiger partial charge in [-0.3, -0.25) is 14.5 Å². The van der Waals surface area contributed by atoms with E-state index in [2.05, 4.69) is 5.32 Å². The second kappa shape index (κ2) is 9.10. The molecule has 2 aromatic rings. The topological polar surface area (TPSA) is 82.2 Å². The molecule has 5 rings (SSSR count). The summed E-state index contributed by atoms with van der Waals surface area (Å²) in [5.41, 5.74) is 3.93. The van der Waals surface area contributed by atoms with Crippen molar-refractivity contribution in [2.45, 2.75) is 25.8 Å².